The van der Waals surface area contributed by atoms with Crippen molar-refractivity contribution in [1.29, 1.82) is 0 Å². The van der Waals surface area contributed by atoms with Gasteiger partial charge in [0, 0.05) is 36.9 Å². The van der Waals surface area contributed by atoms with Gasteiger partial charge in [-0.15, -0.1) is 0 Å². The number of methoxy groups -OCH3 is 1. The predicted octanol–water partition coefficient (Wildman–Crippen LogP) is 1.56. The first-order chi connectivity index (χ1) is 9.61. The average molecular weight is 344 g/mol. The Kier molecular flexibility index (Phi) is 8.45. The Labute approximate surface area is 128 Å². The number of carbonyl (C=O) groups is 1. The average Bonchev–Trinajstić information content (AvgIpc) is 2.41. The van der Waals surface area contributed by atoms with Gasteiger partial charge in [0.2, 0.25) is 5.91 Å². The van der Waals surface area contributed by atoms with E-state index in [1.165, 1.54) is 0 Å². The topological polar surface area (TPSA) is 53.6 Å². The molecule has 0 saturated heterocycles. The van der Waals surface area contributed by atoms with E-state index in [0.29, 0.717) is 6.54 Å². The molecule has 1 aromatic rings. The second-order valence-electron chi connectivity index (χ2n) is 4.53. The van der Waals surface area contributed by atoms with Crippen LogP contribution in [0.5, 0.6) is 0 Å². The van der Waals surface area contributed by atoms with Crippen LogP contribution in [0, 0.1) is 0 Å². The van der Waals surface area contributed by atoms with Crippen LogP contribution in [-0.2, 0) is 9.53 Å². The number of hydrogen-bond acceptors (Lipinski definition) is 4. The molecule has 20 heavy (non-hydrogen) atoms. The predicted molar refractivity (Wildman–Crippen MR) is 85.0 cm³/mol. The van der Waals surface area contributed by atoms with E-state index in [-0.39, 0.29) is 5.91 Å². The van der Waals surface area contributed by atoms with Gasteiger partial charge < -0.3 is 20.3 Å². The van der Waals surface area contributed by atoms with Crippen molar-refractivity contribution >= 4 is 27.5 Å². The highest BCUT2D eigenvalue weighted by Gasteiger charge is 2.03. The summed E-state index contributed by atoms with van der Waals surface area (Å²) in [4.78, 5) is 13.9. The van der Waals surface area contributed by atoms with Crippen molar-refractivity contribution in [2.24, 2.45) is 0 Å². The number of rotatable bonds is 9. The smallest absolute Gasteiger partial charge is 0.238 e. The number of carbonyl (C=O) groups excluding carboxylic acids is 1. The van der Waals surface area contributed by atoms with E-state index in [1.54, 1.807) is 7.11 Å². The van der Waals surface area contributed by atoms with Gasteiger partial charge in [0.05, 0.1) is 13.2 Å². The minimum Gasteiger partial charge on any atom is -0.383 e. The Balaban J connectivity index is 2.14. The van der Waals surface area contributed by atoms with E-state index in [1.807, 2.05) is 31.3 Å². The fourth-order valence-corrected chi connectivity index (χ4v) is 2.00. The van der Waals surface area contributed by atoms with Crippen LogP contribution in [0.4, 0.5) is 5.69 Å². The summed E-state index contributed by atoms with van der Waals surface area (Å²) < 4.78 is 5.95. The van der Waals surface area contributed by atoms with Crippen LogP contribution in [0.25, 0.3) is 0 Å². The zero-order valence-corrected chi connectivity index (χ0v) is 13.6. The van der Waals surface area contributed by atoms with Crippen molar-refractivity contribution in [3.05, 3.63) is 28.7 Å². The van der Waals surface area contributed by atoms with Gasteiger partial charge in [-0.2, -0.15) is 0 Å². The largest absolute Gasteiger partial charge is 0.383 e. The first kappa shape index (κ1) is 17.1. The number of nitrogens with one attached hydrogen (secondary N) is 2. The summed E-state index contributed by atoms with van der Waals surface area (Å²) in [7, 11) is 3.72. The molecule has 112 valence electrons. The molecular weight excluding hydrogens is 322 g/mol. The maximum Gasteiger partial charge on any atom is 0.238 e. The normalized spacial score (nSPS) is 10.8. The number of ether oxygens (including phenoxy) is 1. The lowest BCUT2D eigenvalue weighted by atomic mass is 10.3. The first-order valence-electron chi connectivity index (χ1n) is 6.55. The Morgan fingerprint density at radius 1 is 1.40 bits per heavy atom. The number of benzene rings is 1. The molecule has 0 saturated carbocycles. The highest BCUT2D eigenvalue weighted by Crippen LogP contribution is 2.15. The first-order valence-corrected chi connectivity index (χ1v) is 7.34. The van der Waals surface area contributed by atoms with E-state index >= 15 is 0 Å². The third-order valence-corrected chi connectivity index (χ3v) is 3.23. The van der Waals surface area contributed by atoms with Crippen LogP contribution in [0.3, 0.4) is 0 Å². The van der Waals surface area contributed by atoms with Gasteiger partial charge in [-0.1, -0.05) is 22.0 Å². The molecule has 0 aromatic heterocycles. The molecule has 0 fully saturated rings. The monoisotopic (exact) mass is 343 g/mol. The third-order valence-electron chi connectivity index (χ3n) is 2.74. The minimum atomic E-state index is -0.0392. The quantitative estimate of drug-likeness (QED) is 0.668. The summed E-state index contributed by atoms with van der Waals surface area (Å²) >= 11 is 3.37. The molecule has 6 heteroatoms. The molecule has 1 amide bonds. The number of halogens is 1. The lowest BCUT2D eigenvalue weighted by Crippen LogP contribution is -2.35. The molecule has 0 aliphatic rings. The molecule has 2 N–H and O–H groups in total. The van der Waals surface area contributed by atoms with Crippen molar-refractivity contribution in [3.63, 3.8) is 0 Å². The van der Waals surface area contributed by atoms with Crippen LogP contribution >= 0.6 is 15.9 Å². The van der Waals surface area contributed by atoms with Crippen LogP contribution in [-0.4, -0.2) is 57.8 Å². The van der Waals surface area contributed by atoms with Crippen molar-refractivity contribution in [3.8, 4) is 0 Å². The number of likely N-dealkylation sites (N-methyl/N-ethyl adjacent to an activating group) is 1. The molecule has 0 spiro atoms. The summed E-state index contributed by atoms with van der Waals surface area (Å²) in [5.74, 6) is -0.0392. The van der Waals surface area contributed by atoms with E-state index in [9.17, 15) is 4.79 Å². The van der Waals surface area contributed by atoms with E-state index in [2.05, 4.69) is 31.5 Å². The van der Waals surface area contributed by atoms with Gasteiger partial charge in [-0.25, -0.2) is 0 Å². The molecule has 1 rings (SSSR count). The Morgan fingerprint density at radius 3 is 2.90 bits per heavy atom. The lowest BCUT2D eigenvalue weighted by molar-refractivity contribution is -0.115. The molecule has 0 bridgehead atoms. The molecule has 0 heterocycles. The van der Waals surface area contributed by atoms with Crippen molar-refractivity contribution in [2.45, 2.75) is 0 Å². The molecular formula is C14H22BrN3O2. The minimum absolute atomic E-state index is 0.0392. The maximum atomic E-state index is 11.7. The second-order valence-corrected chi connectivity index (χ2v) is 5.45. The fraction of sp³-hybridized carbons (Fsp3) is 0.500. The summed E-state index contributed by atoms with van der Waals surface area (Å²) in [5, 5.41) is 5.96. The fourth-order valence-electron chi connectivity index (χ4n) is 1.60. The van der Waals surface area contributed by atoms with Crippen LogP contribution in [0.15, 0.2) is 28.7 Å². The summed E-state index contributed by atoms with van der Waals surface area (Å²) in [6, 6.07) is 7.54. The van der Waals surface area contributed by atoms with Gasteiger partial charge in [-0.05, 0) is 25.2 Å². The Morgan fingerprint density at radius 2 is 2.20 bits per heavy atom. The van der Waals surface area contributed by atoms with Gasteiger partial charge in [0.1, 0.15) is 0 Å². The third kappa shape index (κ3) is 7.59. The second kappa shape index (κ2) is 9.88. The zero-order chi connectivity index (χ0) is 14.8. The summed E-state index contributed by atoms with van der Waals surface area (Å²) in [5.41, 5.74) is 0.795. The van der Waals surface area contributed by atoms with Crippen molar-refractivity contribution in [2.75, 3.05) is 52.3 Å². The van der Waals surface area contributed by atoms with Crippen LogP contribution < -0.4 is 10.6 Å². The molecule has 0 radical (unpaired) electrons. The number of anilines is 1. The van der Waals surface area contributed by atoms with E-state index in [0.717, 1.165) is 36.4 Å². The molecule has 0 unspecified atom stereocenters. The van der Waals surface area contributed by atoms with Gasteiger partial charge in [0.15, 0.2) is 0 Å². The van der Waals surface area contributed by atoms with Crippen molar-refractivity contribution < 1.29 is 9.53 Å². The highest BCUT2D eigenvalue weighted by molar-refractivity contribution is 9.10. The standard InChI is InChI=1S/C14H22BrN3O2/c1-18(8-9-20-2)7-6-16-11-14(19)17-13-5-3-4-12(15)10-13/h3-5,10,16H,6-9,11H2,1-2H3,(H,17,19). The van der Waals surface area contributed by atoms with E-state index < -0.39 is 0 Å². The maximum absolute atomic E-state index is 11.7. The van der Waals surface area contributed by atoms with Gasteiger partial charge >= 0.3 is 0 Å². The Hall–Kier alpha value is -0.950. The van der Waals surface area contributed by atoms with Gasteiger partial charge in [-0.3, -0.25) is 4.79 Å². The highest BCUT2D eigenvalue weighted by atomic mass is 79.9. The molecule has 0 atom stereocenters. The molecule has 0 aliphatic heterocycles. The summed E-state index contributed by atoms with van der Waals surface area (Å²) in [6.45, 7) is 3.58. The number of amides is 1. The van der Waals surface area contributed by atoms with Gasteiger partial charge in [0.25, 0.3) is 0 Å². The number of nitrogens with zero attached hydrogens (tertiary/aromatic N) is 1. The molecule has 5 nitrogen and oxygen atoms in total. The molecule has 1 aromatic carbocycles. The Bertz CT molecular complexity index is 415. The van der Waals surface area contributed by atoms with E-state index in [4.69, 9.17) is 4.74 Å². The summed E-state index contributed by atoms with van der Waals surface area (Å²) in [6.07, 6.45) is 0. The number of hydrogen-bond donors (Lipinski definition) is 2. The SMILES string of the molecule is COCCN(C)CCNCC(=O)Nc1cccc(Br)c1. The molecule has 0 aliphatic carbocycles. The van der Waals surface area contributed by atoms with Crippen LogP contribution in [0.2, 0.25) is 0 Å². The lowest BCUT2D eigenvalue weighted by Gasteiger charge is -2.16. The van der Waals surface area contributed by atoms with Crippen LogP contribution in [0.1, 0.15) is 0 Å². The van der Waals surface area contributed by atoms with Crippen molar-refractivity contribution in [1.82, 2.24) is 10.2 Å². The zero-order valence-electron chi connectivity index (χ0n) is 12.0.